The van der Waals surface area contributed by atoms with Gasteiger partial charge < -0.3 is 10.2 Å². The van der Waals surface area contributed by atoms with Crippen LogP contribution in [0, 0.1) is 0 Å². The van der Waals surface area contributed by atoms with Crippen molar-refractivity contribution in [2.45, 2.75) is 24.8 Å². The molecule has 2 N–H and O–H groups in total. The maximum atomic E-state index is 12.2. The van der Waals surface area contributed by atoms with Gasteiger partial charge in [0.15, 0.2) is 0 Å². The van der Waals surface area contributed by atoms with Crippen LogP contribution < -0.4 is 5.32 Å². The summed E-state index contributed by atoms with van der Waals surface area (Å²) in [5, 5.41) is 12.1. The average Bonchev–Trinajstić information content (AvgIpc) is 2.98. The summed E-state index contributed by atoms with van der Waals surface area (Å²) >= 11 is 1.71. The lowest BCUT2D eigenvalue weighted by Gasteiger charge is -2.23. The van der Waals surface area contributed by atoms with Gasteiger partial charge in [-0.2, -0.15) is 5.10 Å². The van der Waals surface area contributed by atoms with Gasteiger partial charge in [-0.25, -0.2) is 0 Å². The number of nitrogens with one attached hydrogen (secondary N) is 2. The number of rotatable bonds is 6. The van der Waals surface area contributed by atoms with Gasteiger partial charge in [0.2, 0.25) is 0 Å². The van der Waals surface area contributed by atoms with Gasteiger partial charge in [0, 0.05) is 23.0 Å². The van der Waals surface area contributed by atoms with Crippen molar-refractivity contribution in [3.63, 3.8) is 0 Å². The van der Waals surface area contributed by atoms with Crippen molar-refractivity contribution in [2.75, 3.05) is 20.6 Å². The molecule has 1 amide bonds. The molecule has 21 heavy (non-hydrogen) atoms. The largest absolute Gasteiger partial charge is 0.349 e. The highest BCUT2D eigenvalue weighted by Crippen LogP contribution is 2.38. The van der Waals surface area contributed by atoms with Gasteiger partial charge in [-0.15, -0.1) is 11.3 Å². The van der Waals surface area contributed by atoms with Gasteiger partial charge in [-0.05, 0) is 44.4 Å². The smallest absolute Gasteiger partial charge is 0.271 e. The molecule has 1 saturated carbocycles. The van der Waals surface area contributed by atoms with Crippen LogP contribution in [0.2, 0.25) is 0 Å². The predicted molar refractivity (Wildman–Crippen MR) is 83.6 cm³/mol. The van der Waals surface area contributed by atoms with Crippen LogP contribution in [0.5, 0.6) is 0 Å². The summed E-state index contributed by atoms with van der Waals surface area (Å²) in [5.74, 6) is 0.473. The van der Waals surface area contributed by atoms with Gasteiger partial charge in [-0.3, -0.25) is 9.89 Å². The van der Waals surface area contributed by atoms with Crippen LogP contribution in [-0.4, -0.2) is 41.6 Å². The SMILES string of the molecule is CN(C)[C@H](CNC(=O)c1cc(C2CC2)[nH]n1)c1cccs1. The first-order chi connectivity index (χ1) is 10.1. The molecule has 0 bridgehead atoms. The summed E-state index contributed by atoms with van der Waals surface area (Å²) in [6, 6.07) is 6.20. The quantitative estimate of drug-likeness (QED) is 0.861. The molecule has 112 valence electrons. The highest BCUT2D eigenvalue weighted by molar-refractivity contribution is 7.10. The number of nitrogens with zero attached hydrogens (tertiary/aromatic N) is 2. The molecule has 3 rings (SSSR count). The highest BCUT2D eigenvalue weighted by Gasteiger charge is 2.26. The van der Waals surface area contributed by atoms with E-state index in [0.29, 0.717) is 18.2 Å². The van der Waals surface area contributed by atoms with Crippen molar-refractivity contribution < 1.29 is 4.79 Å². The Morgan fingerprint density at radius 1 is 1.57 bits per heavy atom. The van der Waals surface area contributed by atoms with Crippen molar-refractivity contribution in [1.29, 1.82) is 0 Å². The number of amides is 1. The summed E-state index contributed by atoms with van der Waals surface area (Å²) in [6.07, 6.45) is 2.40. The second-order valence-corrected chi connectivity index (χ2v) is 6.67. The number of hydrogen-bond donors (Lipinski definition) is 2. The van der Waals surface area contributed by atoms with E-state index in [0.717, 1.165) is 5.69 Å². The van der Waals surface area contributed by atoms with Crippen LogP contribution >= 0.6 is 11.3 Å². The monoisotopic (exact) mass is 304 g/mol. The van der Waals surface area contributed by atoms with E-state index < -0.39 is 0 Å². The zero-order chi connectivity index (χ0) is 14.8. The molecule has 6 heteroatoms. The van der Waals surface area contributed by atoms with Crippen LogP contribution in [-0.2, 0) is 0 Å². The molecule has 1 atom stereocenters. The van der Waals surface area contributed by atoms with E-state index in [2.05, 4.69) is 31.9 Å². The summed E-state index contributed by atoms with van der Waals surface area (Å²) in [7, 11) is 4.05. The van der Waals surface area contributed by atoms with E-state index in [-0.39, 0.29) is 11.9 Å². The van der Waals surface area contributed by atoms with E-state index in [1.807, 2.05) is 26.2 Å². The van der Waals surface area contributed by atoms with E-state index in [1.165, 1.54) is 17.7 Å². The lowest BCUT2D eigenvalue weighted by molar-refractivity contribution is 0.0937. The first-order valence-electron chi connectivity index (χ1n) is 7.18. The zero-order valence-electron chi connectivity index (χ0n) is 12.3. The van der Waals surface area contributed by atoms with Gasteiger partial charge in [0.25, 0.3) is 5.91 Å². The Balaban J connectivity index is 1.60. The Morgan fingerprint density at radius 2 is 2.38 bits per heavy atom. The molecule has 0 aliphatic heterocycles. The number of H-pyrrole nitrogens is 1. The van der Waals surface area contributed by atoms with Crippen molar-refractivity contribution >= 4 is 17.2 Å². The van der Waals surface area contributed by atoms with Crippen molar-refractivity contribution in [1.82, 2.24) is 20.4 Å². The first kappa shape index (κ1) is 14.3. The topological polar surface area (TPSA) is 61.0 Å². The van der Waals surface area contributed by atoms with E-state index in [4.69, 9.17) is 0 Å². The number of carbonyl (C=O) groups is 1. The third-order valence-electron chi connectivity index (χ3n) is 3.80. The maximum Gasteiger partial charge on any atom is 0.271 e. The summed E-state index contributed by atoms with van der Waals surface area (Å²) in [6.45, 7) is 0.581. The number of carbonyl (C=O) groups excluding carboxylic acids is 1. The molecular formula is C15H20N4OS. The Labute approximate surface area is 128 Å². The maximum absolute atomic E-state index is 12.2. The normalized spacial score (nSPS) is 16.1. The fraction of sp³-hybridized carbons (Fsp3) is 0.467. The average molecular weight is 304 g/mol. The lowest BCUT2D eigenvalue weighted by Crippen LogP contribution is -2.34. The van der Waals surface area contributed by atoms with Gasteiger partial charge in [-0.1, -0.05) is 6.07 Å². The van der Waals surface area contributed by atoms with Gasteiger partial charge >= 0.3 is 0 Å². The number of aromatic amines is 1. The molecule has 2 heterocycles. The number of aromatic nitrogens is 2. The molecule has 0 aromatic carbocycles. The van der Waals surface area contributed by atoms with E-state index in [1.54, 1.807) is 11.3 Å². The Bertz CT molecular complexity index is 601. The van der Waals surface area contributed by atoms with Crippen LogP contribution in [0.4, 0.5) is 0 Å². The molecule has 0 radical (unpaired) electrons. The molecule has 0 spiro atoms. The van der Waals surface area contributed by atoms with Crippen LogP contribution in [0.3, 0.4) is 0 Å². The zero-order valence-corrected chi connectivity index (χ0v) is 13.1. The second-order valence-electron chi connectivity index (χ2n) is 5.69. The Morgan fingerprint density at radius 3 is 3.00 bits per heavy atom. The van der Waals surface area contributed by atoms with Crippen LogP contribution in [0.25, 0.3) is 0 Å². The Kier molecular flexibility index (Phi) is 4.07. The third-order valence-corrected chi connectivity index (χ3v) is 4.77. The minimum Gasteiger partial charge on any atom is -0.349 e. The highest BCUT2D eigenvalue weighted by atomic mass is 32.1. The van der Waals surface area contributed by atoms with E-state index >= 15 is 0 Å². The predicted octanol–water partition coefficient (Wildman–Crippen LogP) is 2.38. The fourth-order valence-electron chi connectivity index (χ4n) is 2.35. The summed E-state index contributed by atoms with van der Waals surface area (Å²) < 4.78 is 0. The minimum atomic E-state index is -0.110. The third kappa shape index (κ3) is 3.33. The van der Waals surface area contributed by atoms with Crippen molar-refractivity contribution in [2.24, 2.45) is 0 Å². The van der Waals surface area contributed by atoms with Gasteiger partial charge in [0.05, 0.1) is 6.04 Å². The standard InChI is InChI=1S/C15H20N4OS/c1-19(2)13(14-4-3-7-21-14)9-16-15(20)12-8-11(17-18-12)10-5-6-10/h3-4,7-8,10,13H,5-6,9H2,1-2H3,(H,16,20)(H,17,18)/t13-/m1/s1. The van der Waals surface area contributed by atoms with Crippen molar-refractivity contribution in [3.8, 4) is 0 Å². The van der Waals surface area contributed by atoms with E-state index in [9.17, 15) is 4.79 Å². The summed E-state index contributed by atoms with van der Waals surface area (Å²) in [5.41, 5.74) is 1.57. The molecule has 2 aromatic heterocycles. The van der Waals surface area contributed by atoms with Crippen molar-refractivity contribution in [3.05, 3.63) is 39.8 Å². The number of hydrogen-bond acceptors (Lipinski definition) is 4. The molecule has 0 unspecified atom stereocenters. The minimum absolute atomic E-state index is 0.110. The molecule has 5 nitrogen and oxygen atoms in total. The van der Waals surface area contributed by atoms with Gasteiger partial charge in [0.1, 0.15) is 5.69 Å². The van der Waals surface area contributed by atoms with Crippen LogP contribution in [0.1, 0.15) is 45.9 Å². The number of likely N-dealkylation sites (N-methyl/N-ethyl adjacent to an activating group) is 1. The summed E-state index contributed by atoms with van der Waals surface area (Å²) in [4.78, 5) is 15.6. The fourth-order valence-corrected chi connectivity index (χ4v) is 3.28. The molecule has 2 aromatic rings. The molecule has 1 fully saturated rings. The lowest BCUT2D eigenvalue weighted by atomic mass is 10.2. The molecule has 1 aliphatic rings. The Hall–Kier alpha value is -1.66. The second kappa shape index (κ2) is 5.99. The molecular weight excluding hydrogens is 284 g/mol. The molecule has 1 aliphatic carbocycles. The first-order valence-corrected chi connectivity index (χ1v) is 8.06. The number of thiophene rings is 1. The van der Waals surface area contributed by atoms with Crippen LogP contribution in [0.15, 0.2) is 23.6 Å². The molecule has 0 saturated heterocycles.